The standard InChI is InChI=1S/C5H8F3NO2/c6-1-2(7)3(8)4(9)5(10)11/h2-4H,1,9H2,(H,10,11). The van der Waals surface area contributed by atoms with Gasteiger partial charge in [-0.05, 0) is 0 Å². The van der Waals surface area contributed by atoms with Gasteiger partial charge in [0.15, 0.2) is 12.3 Å². The molecule has 0 spiro atoms. The number of halogens is 3. The first-order chi connectivity index (χ1) is 5.00. The molecule has 3 unspecified atom stereocenters. The number of hydrogen-bond acceptors (Lipinski definition) is 2. The number of nitrogens with two attached hydrogens (primary N) is 1. The molecule has 0 fully saturated rings. The van der Waals surface area contributed by atoms with Gasteiger partial charge >= 0.3 is 5.97 Å². The topological polar surface area (TPSA) is 63.3 Å². The molecular formula is C5H8F3NO2. The average Bonchev–Trinajstić information content (AvgIpc) is 2.00. The second-order valence-corrected chi connectivity index (χ2v) is 1.98. The SMILES string of the molecule is NC(C(=O)O)C(F)C(F)CF. The van der Waals surface area contributed by atoms with E-state index in [2.05, 4.69) is 5.73 Å². The number of carbonyl (C=O) groups is 1. The van der Waals surface area contributed by atoms with Crippen LogP contribution in [0.4, 0.5) is 13.2 Å². The van der Waals surface area contributed by atoms with Crippen LogP contribution in [-0.4, -0.2) is 36.1 Å². The van der Waals surface area contributed by atoms with Crippen molar-refractivity contribution in [2.75, 3.05) is 6.67 Å². The van der Waals surface area contributed by atoms with E-state index in [1.54, 1.807) is 0 Å². The Labute approximate surface area is 61.0 Å². The van der Waals surface area contributed by atoms with E-state index < -0.39 is 31.0 Å². The third-order valence-corrected chi connectivity index (χ3v) is 1.12. The molecule has 0 bridgehead atoms. The molecule has 0 saturated carbocycles. The number of aliphatic carboxylic acids is 1. The number of carboxylic acids is 1. The van der Waals surface area contributed by atoms with E-state index in [1.807, 2.05) is 0 Å². The Morgan fingerprint density at radius 2 is 2.00 bits per heavy atom. The highest BCUT2D eigenvalue weighted by Gasteiger charge is 2.31. The highest BCUT2D eigenvalue weighted by atomic mass is 19.2. The first kappa shape index (κ1) is 10.2. The Bertz CT molecular complexity index is 144. The van der Waals surface area contributed by atoms with E-state index in [0.717, 1.165) is 0 Å². The van der Waals surface area contributed by atoms with Crippen molar-refractivity contribution in [2.45, 2.75) is 18.4 Å². The van der Waals surface area contributed by atoms with Crippen molar-refractivity contribution in [2.24, 2.45) is 5.73 Å². The van der Waals surface area contributed by atoms with Crippen LogP contribution in [-0.2, 0) is 4.79 Å². The van der Waals surface area contributed by atoms with E-state index in [9.17, 15) is 18.0 Å². The lowest BCUT2D eigenvalue weighted by molar-refractivity contribution is -0.141. The Kier molecular flexibility index (Phi) is 3.88. The third-order valence-electron chi connectivity index (χ3n) is 1.12. The maximum absolute atomic E-state index is 12.3. The summed E-state index contributed by atoms with van der Waals surface area (Å²) < 4.78 is 35.8. The molecule has 3 nitrogen and oxygen atoms in total. The zero-order valence-corrected chi connectivity index (χ0v) is 5.51. The lowest BCUT2D eigenvalue weighted by atomic mass is 10.1. The molecule has 3 N–H and O–H groups in total. The monoisotopic (exact) mass is 171 g/mol. The summed E-state index contributed by atoms with van der Waals surface area (Å²) in [6.45, 7) is -1.57. The summed E-state index contributed by atoms with van der Waals surface area (Å²) in [6.07, 6.45) is -4.95. The van der Waals surface area contributed by atoms with Crippen LogP contribution in [0.2, 0.25) is 0 Å². The van der Waals surface area contributed by atoms with Gasteiger partial charge in [-0.15, -0.1) is 0 Å². The van der Waals surface area contributed by atoms with Crippen LogP contribution < -0.4 is 5.73 Å². The predicted octanol–water partition coefficient (Wildman–Crippen LogP) is 0.0440. The van der Waals surface area contributed by atoms with Gasteiger partial charge in [-0.1, -0.05) is 0 Å². The van der Waals surface area contributed by atoms with Crippen LogP contribution in [0, 0.1) is 0 Å². The zero-order valence-electron chi connectivity index (χ0n) is 5.51. The summed E-state index contributed by atoms with van der Waals surface area (Å²) in [4.78, 5) is 9.91. The molecule has 11 heavy (non-hydrogen) atoms. The largest absolute Gasteiger partial charge is 0.480 e. The van der Waals surface area contributed by atoms with Gasteiger partial charge in [0.25, 0.3) is 0 Å². The number of hydrogen-bond donors (Lipinski definition) is 2. The highest BCUT2D eigenvalue weighted by Crippen LogP contribution is 2.08. The zero-order chi connectivity index (χ0) is 9.02. The summed E-state index contributed by atoms with van der Waals surface area (Å²) in [5, 5.41) is 8.04. The van der Waals surface area contributed by atoms with E-state index in [4.69, 9.17) is 5.11 Å². The average molecular weight is 171 g/mol. The van der Waals surface area contributed by atoms with E-state index in [1.165, 1.54) is 0 Å². The van der Waals surface area contributed by atoms with Crippen LogP contribution in [0.5, 0.6) is 0 Å². The maximum Gasteiger partial charge on any atom is 0.323 e. The van der Waals surface area contributed by atoms with E-state index >= 15 is 0 Å². The van der Waals surface area contributed by atoms with Gasteiger partial charge in [-0.2, -0.15) is 0 Å². The van der Waals surface area contributed by atoms with Crippen LogP contribution in [0.3, 0.4) is 0 Å². The van der Waals surface area contributed by atoms with Crippen molar-refractivity contribution in [3.63, 3.8) is 0 Å². The van der Waals surface area contributed by atoms with Crippen LogP contribution in [0.1, 0.15) is 0 Å². The molecule has 6 heteroatoms. The molecule has 0 amide bonds. The van der Waals surface area contributed by atoms with Crippen molar-refractivity contribution < 1.29 is 23.1 Å². The molecule has 0 aromatic rings. The summed E-state index contributed by atoms with van der Waals surface area (Å²) in [5.41, 5.74) is 4.66. The molecule has 0 radical (unpaired) electrons. The van der Waals surface area contributed by atoms with Crippen LogP contribution in [0.25, 0.3) is 0 Å². The molecule has 0 aliphatic carbocycles. The normalized spacial score (nSPS) is 18.9. The van der Waals surface area contributed by atoms with Crippen molar-refractivity contribution in [3.8, 4) is 0 Å². The quantitative estimate of drug-likeness (QED) is 0.627. The van der Waals surface area contributed by atoms with Crippen molar-refractivity contribution in [1.82, 2.24) is 0 Å². The Morgan fingerprint density at radius 3 is 2.27 bits per heavy atom. The smallest absolute Gasteiger partial charge is 0.323 e. The van der Waals surface area contributed by atoms with E-state index in [-0.39, 0.29) is 0 Å². The van der Waals surface area contributed by atoms with Gasteiger partial charge in [-0.3, -0.25) is 4.79 Å². The minimum absolute atomic E-state index is 1.57. The Morgan fingerprint density at radius 1 is 1.55 bits per heavy atom. The lowest BCUT2D eigenvalue weighted by Gasteiger charge is -2.13. The fourth-order valence-electron chi connectivity index (χ4n) is 0.446. The molecule has 0 saturated heterocycles. The Hall–Kier alpha value is -0.780. The van der Waals surface area contributed by atoms with Crippen molar-refractivity contribution in [1.29, 1.82) is 0 Å². The molecule has 3 atom stereocenters. The van der Waals surface area contributed by atoms with Crippen molar-refractivity contribution >= 4 is 5.97 Å². The number of rotatable bonds is 4. The molecule has 0 heterocycles. The van der Waals surface area contributed by atoms with Gasteiger partial charge in [-0.25, -0.2) is 13.2 Å². The summed E-state index contributed by atoms with van der Waals surface area (Å²) in [6, 6.07) is -2.00. The van der Waals surface area contributed by atoms with Gasteiger partial charge in [0.2, 0.25) is 0 Å². The Balaban J connectivity index is 4.00. The van der Waals surface area contributed by atoms with Crippen LogP contribution >= 0.6 is 0 Å². The molecule has 0 aromatic carbocycles. The molecule has 0 aliphatic rings. The highest BCUT2D eigenvalue weighted by molar-refractivity contribution is 5.74. The summed E-state index contributed by atoms with van der Waals surface area (Å²) in [7, 11) is 0. The summed E-state index contributed by atoms with van der Waals surface area (Å²) in [5.74, 6) is -1.69. The number of alkyl halides is 3. The fraction of sp³-hybridized carbons (Fsp3) is 0.800. The lowest BCUT2D eigenvalue weighted by Crippen LogP contribution is -2.44. The molecule has 0 rings (SSSR count). The molecule has 66 valence electrons. The maximum atomic E-state index is 12.3. The minimum atomic E-state index is -2.49. The van der Waals surface area contributed by atoms with Gasteiger partial charge in [0, 0.05) is 0 Å². The fourth-order valence-corrected chi connectivity index (χ4v) is 0.446. The minimum Gasteiger partial charge on any atom is -0.480 e. The predicted molar refractivity (Wildman–Crippen MR) is 31.4 cm³/mol. The van der Waals surface area contributed by atoms with Gasteiger partial charge in [0.1, 0.15) is 12.7 Å². The van der Waals surface area contributed by atoms with Gasteiger partial charge in [0.05, 0.1) is 0 Å². The first-order valence-corrected chi connectivity index (χ1v) is 2.83. The van der Waals surface area contributed by atoms with Crippen molar-refractivity contribution in [3.05, 3.63) is 0 Å². The van der Waals surface area contributed by atoms with Gasteiger partial charge < -0.3 is 10.8 Å². The second-order valence-electron chi connectivity index (χ2n) is 1.98. The third kappa shape index (κ3) is 2.75. The second kappa shape index (κ2) is 4.17. The van der Waals surface area contributed by atoms with Crippen LogP contribution in [0.15, 0.2) is 0 Å². The molecule has 0 aromatic heterocycles. The molecular weight excluding hydrogens is 163 g/mol. The number of carboxylic acid groups (broad SMARTS) is 1. The van der Waals surface area contributed by atoms with E-state index in [0.29, 0.717) is 0 Å². The first-order valence-electron chi connectivity index (χ1n) is 2.83. The summed E-state index contributed by atoms with van der Waals surface area (Å²) >= 11 is 0. The molecule has 0 aliphatic heterocycles.